The quantitative estimate of drug-likeness (QED) is 0.929. The van der Waals surface area contributed by atoms with Crippen molar-refractivity contribution in [3.63, 3.8) is 0 Å². The van der Waals surface area contributed by atoms with E-state index in [2.05, 4.69) is 5.32 Å². The van der Waals surface area contributed by atoms with Crippen molar-refractivity contribution in [2.75, 3.05) is 6.54 Å². The van der Waals surface area contributed by atoms with Gasteiger partial charge in [0.2, 0.25) is 5.91 Å². The number of carbonyl (C=O) groups excluding carboxylic acids is 1. The number of halogens is 2. The number of nitrogens with one attached hydrogen (secondary N) is 1. The molecule has 21 heavy (non-hydrogen) atoms. The fraction of sp³-hybridized carbons (Fsp3) is 0.562. The lowest BCUT2D eigenvalue weighted by atomic mass is 9.98. The summed E-state index contributed by atoms with van der Waals surface area (Å²) < 4.78 is 26.6. The zero-order chi connectivity index (χ0) is 15.0. The molecule has 114 valence electrons. The Morgan fingerprint density at radius 2 is 2.00 bits per heavy atom. The van der Waals surface area contributed by atoms with Crippen LogP contribution in [0.25, 0.3) is 0 Å². The van der Waals surface area contributed by atoms with Gasteiger partial charge >= 0.3 is 0 Å². The van der Waals surface area contributed by atoms with Crippen LogP contribution in [-0.2, 0) is 4.79 Å². The Morgan fingerprint density at radius 3 is 2.62 bits per heavy atom. The van der Waals surface area contributed by atoms with Crippen LogP contribution in [0.15, 0.2) is 18.2 Å². The lowest BCUT2D eigenvalue weighted by molar-refractivity contribution is -0.133. The van der Waals surface area contributed by atoms with Crippen LogP contribution in [0.5, 0.6) is 0 Å². The summed E-state index contributed by atoms with van der Waals surface area (Å²) in [5, 5.41) is 3.40. The van der Waals surface area contributed by atoms with Crippen molar-refractivity contribution >= 4 is 5.91 Å². The molecule has 2 fully saturated rings. The standard InChI is InChI=1S/C16H20F2N2O/c1-2-9-20-14(11-5-6-12(17)13(18)10-11)19-16(15(20)21)7-3-4-8-16/h5-6,10,14,19H,2-4,7-9H2,1H3. The molecule has 3 rings (SSSR count). The highest BCUT2D eigenvalue weighted by Crippen LogP contribution is 2.41. The Hall–Kier alpha value is -1.49. The van der Waals surface area contributed by atoms with Gasteiger partial charge in [-0.1, -0.05) is 25.8 Å². The van der Waals surface area contributed by atoms with Gasteiger partial charge in [0, 0.05) is 6.54 Å². The molecule has 1 N–H and O–H groups in total. The van der Waals surface area contributed by atoms with Crippen LogP contribution in [0.3, 0.4) is 0 Å². The minimum absolute atomic E-state index is 0.108. The van der Waals surface area contributed by atoms with Crippen LogP contribution < -0.4 is 5.32 Å². The third kappa shape index (κ3) is 2.33. The first-order valence-corrected chi connectivity index (χ1v) is 7.61. The summed E-state index contributed by atoms with van der Waals surface area (Å²) in [7, 11) is 0. The molecule has 0 radical (unpaired) electrons. The lowest BCUT2D eigenvalue weighted by Gasteiger charge is -2.24. The number of hydrogen-bond acceptors (Lipinski definition) is 2. The molecular formula is C16H20F2N2O. The van der Waals surface area contributed by atoms with Crippen LogP contribution >= 0.6 is 0 Å². The van der Waals surface area contributed by atoms with E-state index >= 15 is 0 Å². The zero-order valence-electron chi connectivity index (χ0n) is 12.2. The van der Waals surface area contributed by atoms with Gasteiger partial charge in [0.1, 0.15) is 6.17 Å². The van der Waals surface area contributed by atoms with E-state index in [-0.39, 0.29) is 12.1 Å². The normalized spacial score (nSPS) is 24.2. The largest absolute Gasteiger partial charge is 0.321 e. The minimum Gasteiger partial charge on any atom is -0.321 e. The summed E-state index contributed by atoms with van der Waals surface area (Å²) in [5.41, 5.74) is 0.115. The molecule has 1 aliphatic carbocycles. The predicted molar refractivity (Wildman–Crippen MR) is 75.4 cm³/mol. The molecule has 5 heteroatoms. The maximum absolute atomic E-state index is 13.5. The summed E-state index contributed by atoms with van der Waals surface area (Å²) in [4.78, 5) is 14.5. The molecule has 3 nitrogen and oxygen atoms in total. The number of amides is 1. The average molecular weight is 294 g/mol. The molecule has 1 spiro atoms. The van der Waals surface area contributed by atoms with Gasteiger partial charge in [0.05, 0.1) is 5.54 Å². The smallest absolute Gasteiger partial charge is 0.244 e. The Bertz CT molecular complexity index is 555. The highest BCUT2D eigenvalue weighted by molar-refractivity contribution is 5.89. The summed E-state index contributed by atoms with van der Waals surface area (Å²) in [5.74, 6) is -1.62. The Morgan fingerprint density at radius 1 is 1.29 bits per heavy atom. The first-order chi connectivity index (χ1) is 10.1. The highest BCUT2D eigenvalue weighted by atomic mass is 19.2. The van der Waals surface area contributed by atoms with Gasteiger partial charge in [-0.25, -0.2) is 8.78 Å². The number of carbonyl (C=O) groups is 1. The molecule has 1 heterocycles. The fourth-order valence-electron chi connectivity index (χ4n) is 3.55. The van der Waals surface area contributed by atoms with Crippen molar-refractivity contribution < 1.29 is 13.6 Å². The molecule has 1 atom stereocenters. The summed E-state index contributed by atoms with van der Waals surface area (Å²) in [6.07, 6.45) is 4.19. The Balaban J connectivity index is 1.95. The molecule has 1 aromatic carbocycles. The first kappa shape index (κ1) is 14.4. The number of benzene rings is 1. The molecule has 1 aromatic rings. The van der Waals surface area contributed by atoms with Crippen molar-refractivity contribution in [3.05, 3.63) is 35.4 Å². The molecule has 1 saturated carbocycles. The monoisotopic (exact) mass is 294 g/mol. The maximum Gasteiger partial charge on any atom is 0.244 e. The van der Waals surface area contributed by atoms with E-state index in [1.165, 1.54) is 6.07 Å². The van der Waals surface area contributed by atoms with Crippen molar-refractivity contribution in [1.82, 2.24) is 10.2 Å². The van der Waals surface area contributed by atoms with Crippen molar-refractivity contribution in [1.29, 1.82) is 0 Å². The van der Waals surface area contributed by atoms with Crippen LogP contribution in [-0.4, -0.2) is 22.9 Å². The van der Waals surface area contributed by atoms with Crippen molar-refractivity contribution in [3.8, 4) is 0 Å². The third-order valence-electron chi connectivity index (χ3n) is 4.58. The van der Waals surface area contributed by atoms with E-state index in [9.17, 15) is 13.6 Å². The molecule has 1 amide bonds. The lowest BCUT2D eigenvalue weighted by Crippen LogP contribution is -2.44. The second-order valence-electron chi connectivity index (χ2n) is 6.01. The molecule has 1 unspecified atom stereocenters. The topological polar surface area (TPSA) is 32.3 Å². The predicted octanol–water partition coefficient (Wildman–Crippen LogP) is 3.12. The van der Waals surface area contributed by atoms with E-state index in [1.807, 2.05) is 6.92 Å². The van der Waals surface area contributed by atoms with Gasteiger partial charge < -0.3 is 4.90 Å². The van der Waals surface area contributed by atoms with E-state index in [0.29, 0.717) is 12.1 Å². The minimum atomic E-state index is -0.870. The van der Waals surface area contributed by atoms with Crippen LogP contribution in [0, 0.1) is 11.6 Å². The fourth-order valence-corrected chi connectivity index (χ4v) is 3.55. The van der Waals surface area contributed by atoms with E-state index in [1.54, 1.807) is 11.0 Å². The summed E-state index contributed by atoms with van der Waals surface area (Å²) in [6.45, 7) is 2.63. The van der Waals surface area contributed by atoms with E-state index in [0.717, 1.165) is 38.2 Å². The van der Waals surface area contributed by atoms with Crippen LogP contribution in [0.2, 0.25) is 0 Å². The zero-order valence-corrected chi connectivity index (χ0v) is 12.2. The molecule has 0 bridgehead atoms. The van der Waals surface area contributed by atoms with Crippen LogP contribution in [0.1, 0.15) is 50.8 Å². The molecule has 1 saturated heterocycles. The molecular weight excluding hydrogens is 274 g/mol. The molecule has 2 aliphatic rings. The summed E-state index contributed by atoms with van der Waals surface area (Å²) in [6, 6.07) is 3.87. The number of rotatable bonds is 3. The van der Waals surface area contributed by atoms with E-state index in [4.69, 9.17) is 0 Å². The van der Waals surface area contributed by atoms with Gasteiger partial charge in [-0.05, 0) is 37.0 Å². The third-order valence-corrected chi connectivity index (χ3v) is 4.58. The van der Waals surface area contributed by atoms with Gasteiger partial charge in [-0.3, -0.25) is 10.1 Å². The maximum atomic E-state index is 13.5. The van der Waals surface area contributed by atoms with Crippen LogP contribution in [0.4, 0.5) is 8.78 Å². The summed E-state index contributed by atoms with van der Waals surface area (Å²) >= 11 is 0. The second kappa shape index (κ2) is 5.37. The molecule has 1 aliphatic heterocycles. The average Bonchev–Trinajstić information content (AvgIpc) is 3.04. The van der Waals surface area contributed by atoms with Gasteiger partial charge in [-0.2, -0.15) is 0 Å². The number of hydrogen-bond donors (Lipinski definition) is 1. The number of nitrogens with zero attached hydrogens (tertiary/aromatic N) is 1. The SMILES string of the molecule is CCCN1C(=O)C2(CCCC2)NC1c1ccc(F)c(F)c1. The van der Waals surface area contributed by atoms with Gasteiger partial charge in [0.25, 0.3) is 0 Å². The Kier molecular flexibility index (Phi) is 3.69. The van der Waals surface area contributed by atoms with E-state index < -0.39 is 17.2 Å². The van der Waals surface area contributed by atoms with Gasteiger partial charge in [0.15, 0.2) is 11.6 Å². The van der Waals surface area contributed by atoms with Crippen molar-refractivity contribution in [2.45, 2.75) is 50.7 Å². The second-order valence-corrected chi connectivity index (χ2v) is 6.01. The first-order valence-electron chi connectivity index (χ1n) is 7.61. The van der Waals surface area contributed by atoms with Crippen molar-refractivity contribution in [2.24, 2.45) is 0 Å². The molecule has 0 aromatic heterocycles. The Labute approximate surface area is 123 Å². The highest BCUT2D eigenvalue weighted by Gasteiger charge is 2.52. The van der Waals surface area contributed by atoms with Gasteiger partial charge in [-0.15, -0.1) is 0 Å².